The molecule has 4 heterocycles. The molecule has 2 fully saturated rings. The third kappa shape index (κ3) is 3.05. The summed E-state index contributed by atoms with van der Waals surface area (Å²) in [7, 11) is 0. The largest absolute Gasteiger partial charge is 0.416 e. The summed E-state index contributed by atoms with van der Waals surface area (Å²) in [4.78, 5) is 47.9. The van der Waals surface area contributed by atoms with Crippen molar-refractivity contribution in [3.8, 4) is 5.69 Å². The minimum absolute atomic E-state index is 0.126. The fourth-order valence-electron chi connectivity index (χ4n) is 6.80. The van der Waals surface area contributed by atoms with E-state index in [0.717, 1.165) is 17.0 Å². The first-order chi connectivity index (χ1) is 19.1. The molecule has 7 nitrogen and oxygen atoms in total. The van der Waals surface area contributed by atoms with Gasteiger partial charge in [0.25, 0.3) is 5.56 Å². The average Bonchev–Trinajstić information content (AvgIpc) is 3.52. The van der Waals surface area contributed by atoms with Crippen LogP contribution in [0.4, 0.5) is 18.9 Å². The van der Waals surface area contributed by atoms with Crippen molar-refractivity contribution in [3.05, 3.63) is 100 Å². The number of halogens is 3. The van der Waals surface area contributed by atoms with E-state index in [-0.39, 0.29) is 17.2 Å². The van der Waals surface area contributed by atoms with Crippen molar-refractivity contribution in [1.82, 2.24) is 14.9 Å². The standard InChI is InChI=1S/C30H23F3N4O3/c1-15(2)24-22-23(27(40)36(26(22)39)17-9-7-8-16(14-17)30(31,32)33)29(35-24)19-11-4-6-13-21(19)37-25(38)18-10-3-5-12-20(18)34-28(29)37/h3-15,22-24,35H,1-2H3/t22-,23-,24+,29-/m1/s1. The topological polar surface area (TPSA) is 84.3 Å². The molecule has 3 aromatic carbocycles. The number of para-hydroxylation sites is 2. The molecule has 3 aliphatic heterocycles. The lowest BCUT2D eigenvalue weighted by Crippen LogP contribution is -2.51. The van der Waals surface area contributed by atoms with Crippen LogP contribution in [0.5, 0.6) is 0 Å². The molecular weight excluding hydrogens is 521 g/mol. The van der Waals surface area contributed by atoms with Gasteiger partial charge in [0.2, 0.25) is 11.8 Å². The Kier molecular flexibility index (Phi) is 5.01. The number of carbonyl (C=O) groups is 2. The van der Waals surface area contributed by atoms with Crippen LogP contribution < -0.4 is 15.8 Å². The van der Waals surface area contributed by atoms with E-state index in [2.05, 4.69) is 5.32 Å². The maximum Gasteiger partial charge on any atom is 0.416 e. The molecule has 3 aliphatic rings. The zero-order valence-electron chi connectivity index (χ0n) is 21.4. The van der Waals surface area contributed by atoms with Crippen molar-refractivity contribution in [3.63, 3.8) is 0 Å². The van der Waals surface area contributed by atoms with Gasteiger partial charge in [-0.3, -0.25) is 24.3 Å². The van der Waals surface area contributed by atoms with Gasteiger partial charge in [-0.05, 0) is 42.3 Å². The van der Waals surface area contributed by atoms with Gasteiger partial charge in [-0.2, -0.15) is 13.2 Å². The van der Waals surface area contributed by atoms with Gasteiger partial charge >= 0.3 is 6.18 Å². The normalized spacial score (nSPS) is 25.2. The van der Waals surface area contributed by atoms with Crippen LogP contribution >= 0.6 is 0 Å². The molecule has 0 bridgehead atoms. The summed E-state index contributed by atoms with van der Waals surface area (Å²) in [5.41, 5.74) is -1.11. The lowest BCUT2D eigenvalue weighted by Gasteiger charge is -2.32. The smallest absolute Gasteiger partial charge is 0.296 e. The zero-order chi connectivity index (χ0) is 28.1. The van der Waals surface area contributed by atoms with E-state index in [9.17, 15) is 27.6 Å². The van der Waals surface area contributed by atoms with Crippen LogP contribution in [0, 0.1) is 17.8 Å². The number of aromatic nitrogens is 2. The molecule has 0 saturated carbocycles. The highest BCUT2D eigenvalue weighted by Gasteiger charge is 2.70. The number of imide groups is 1. The predicted molar refractivity (Wildman–Crippen MR) is 141 cm³/mol. The monoisotopic (exact) mass is 544 g/mol. The van der Waals surface area contributed by atoms with Gasteiger partial charge in [0, 0.05) is 11.6 Å². The molecule has 0 aliphatic carbocycles. The summed E-state index contributed by atoms with van der Waals surface area (Å²) < 4.78 is 42.1. The van der Waals surface area contributed by atoms with Crippen molar-refractivity contribution in [1.29, 1.82) is 0 Å². The lowest BCUT2D eigenvalue weighted by atomic mass is 9.75. The second-order valence-corrected chi connectivity index (χ2v) is 10.9. The molecular formula is C30H23F3N4O3. The quantitative estimate of drug-likeness (QED) is 0.379. The van der Waals surface area contributed by atoms with Crippen molar-refractivity contribution in [2.75, 3.05) is 4.90 Å². The third-order valence-electron chi connectivity index (χ3n) is 8.45. The van der Waals surface area contributed by atoms with E-state index in [1.807, 2.05) is 19.9 Å². The maximum atomic E-state index is 14.3. The SMILES string of the molecule is CC(C)[C@@H]1N[C@]2(c3ccccc3-n3c2nc2ccccc2c3=O)[C@H]2C(=O)N(c3cccc(C(F)(F)F)c3)C(=O)[C@@H]12. The molecule has 0 radical (unpaired) electrons. The molecule has 202 valence electrons. The van der Waals surface area contributed by atoms with Crippen LogP contribution in [0.1, 0.15) is 30.8 Å². The van der Waals surface area contributed by atoms with E-state index < -0.39 is 47.0 Å². The van der Waals surface area contributed by atoms with Gasteiger partial charge in [-0.25, -0.2) is 9.88 Å². The molecule has 1 spiro atoms. The third-order valence-corrected chi connectivity index (χ3v) is 8.45. The summed E-state index contributed by atoms with van der Waals surface area (Å²) in [6.45, 7) is 3.83. The molecule has 0 unspecified atom stereocenters. The van der Waals surface area contributed by atoms with E-state index in [1.165, 1.54) is 16.7 Å². The fraction of sp³-hybridized carbons (Fsp3) is 0.267. The summed E-state index contributed by atoms with van der Waals surface area (Å²) in [6.07, 6.45) is -4.64. The Balaban J connectivity index is 1.50. The lowest BCUT2D eigenvalue weighted by molar-refractivity contribution is -0.137. The zero-order valence-corrected chi connectivity index (χ0v) is 21.4. The first kappa shape index (κ1) is 24.7. The van der Waals surface area contributed by atoms with Crippen LogP contribution in [0.3, 0.4) is 0 Å². The number of anilines is 1. The van der Waals surface area contributed by atoms with Crippen LogP contribution in [-0.2, 0) is 21.3 Å². The van der Waals surface area contributed by atoms with Gasteiger partial charge < -0.3 is 0 Å². The number of amides is 2. The van der Waals surface area contributed by atoms with Crippen LogP contribution in [-0.4, -0.2) is 27.4 Å². The number of hydrogen-bond donors (Lipinski definition) is 1. The molecule has 7 rings (SSSR count). The minimum atomic E-state index is -4.64. The maximum absolute atomic E-state index is 14.3. The number of benzene rings is 3. The molecule has 10 heteroatoms. The number of alkyl halides is 3. The van der Waals surface area contributed by atoms with E-state index >= 15 is 0 Å². The molecule has 1 N–H and O–H groups in total. The number of carbonyl (C=O) groups excluding carboxylic acids is 2. The van der Waals surface area contributed by atoms with Gasteiger partial charge in [-0.1, -0.05) is 50.2 Å². The average molecular weight is 545 g/mol. The second kappa shape index (κ2) is 8.11. The van der Waals surface area contributed by atoms with E-state index in [1.54, 1.807) is 42.5 Å². The molecule has 2 saturated heterocycles. The van der Waals surface area contributed by atoms with Crippen molar-refractivity contribution in [2.24, 2.45) is 17.8 Å². The minimum Gasteiger partial charge on any atom is -0.296 e. The summed E-state index contributed by atoms with van der Waals surface area (Å²) >= 11 is 0. The predicted octanol–water partition coefficient (Wildman–Crippen LogP) is 4.40. The van der Waals surface area contributed by atoms with E-state index in [4.69, 9.17) is 4.98 Å². The van der Waals surface area contributed by atoms with Gasteiger partial charge in [-0.15, -0.1) is 0 Å². The van der Waals surface area contributed by atoms with Crippen molar-refractivity contribution < 1.29 is 22.8 Å². The number of fused-ring (bicyclic) bond motifs is 8. The first-order valence-corrected chi connectivity index (χ1v) is 13.0. The van der Waals surface area contributed by atoms with Crippen LogP contribution in [0.25, 0.3) is 16.6 Å². The fourth-order valence-corrected chi connectivity index (χ4v) is 6.80. The van der Waals surface area contributed by atoms with E-state index in [0.29, 0.717) is 28.0 Å². The second-order valence-electron chi connectivity index (χ2n) is 10.9. The number of nitrogens with zero attached hydrogens (tertiary/aromatic N) is 3. The molecule has 4 atom stereocenters. The Hall–Kier alpha value is -4.31. The van der Waals surface area contributed by atoms with Crippen molar-refractivity contribution >= 4 is 28.4 Å². The Morgan fingerprint density at radius 2 is 1.65 bits per heavy atom. The molecule has 1 aromatic heterocycles. The van der Waals surface area contributed by atoms with Gasteiger partial charge in [0.05, 0.1) is 39.7 Å². The Morgan fingerprint density at radius 1 is 0.925 bits per heavy atom. The number of nitrogens with one attached hydrogen (secondary N) is 1. The Labute approximate surface area is 226 Å². The summed E-state index contributed by atoms with van der Waals surface area (Å²) in [5, 5.41) is 3.98. The summed E-state index contributed by atoms with van der Waals surface area (Å²) in [6, 6.07) is 17.8. The highest BCUT2D eigenvalue weighted by atomic mass is 19.4. The number of rotatable bonds is 2. The Morgan fingerprint density at radius 3 is 2.40 bits per heavy atom. The highest BCUT2D eigenvalue weighted by Crippen LogP contribution is 2.56. The molecule has 2 amide bonds. The molecule has 40 heavy (non-hydrogen) atoms. The van der Waals surface area contributed by atoms with Crippen LogP contribution in [0.15, 0.2) is 77.6 Å². The first-order valence-electron chi connectivity index (χ1n) is 13.0. The Bertz CT molecular complexity index is 1810. The van der Waals surface area contributed by atoms with Gasteiger partial charge in [0.1, 0.15) is 11.4 Å². The number of hydrogen-bond acceptors (Lipinski definition) is 5. The molecule has 4 aromatic rings. The van der Waals surface area contributed by atoms with Gasteiger partial charge in [0.15, 0.2) is 0 Å². The van der Waals surface area contributed by atoms with Crippen molar-refractivity contribution in [2.45, 2.75) is 31.6 Å². The highest BCUT2D eigenvalue weighted by molar-refractivity contribution is 6.23. The van der Waals surface area contributed by atoms with Crippen LogP contribution in [0.2, 0.25) is 0 Å². The summed E-state index contributed by atoms with van der Waals surface area (Å²) in [5.74, 6) is -2.96.